The summed E-state index contributed by atoms with van der Waals surface area (Å²) in [7, 11) is 0. The van der Waals surface area contributed by atoms with Crippen molar-refractivity contribution < 1.29 is 9.50 Å². The fourth-order valence-corrected chi connectivity index (χ4v) is 3.48. The first-order valence-corrected chi connectivity index (χ1v) is 8.93. The van der Waals surface area contributed by atoms with E-state index in [-0.39, 0.29) is 24.0 Å². The van der Waals surface area contributed by atoms with Crippen molar-refractivity contribution in [1.82, 2.24) is 10.3 Å². The van der Waals surface area contributed by atoms with Gasteiger partial charge in [0.25, 0.3) is 0 Å². The minimum absolute atomic E-state index is 0.000662. The summed E-state index contributed by atoms with van der Waals surface area (Å²) in [5, 5.41) is 13.3. The van der Waals surface area contributed by atoms with Crippen LogP contribution in [0.2, 0.25) is 0 Å². The van der Waals surface area contributed by atoms with Crippen LogP contribution in [0.25, 0.3) is 0 Å². The Balaban J connectivity index is 1.79. The lowest BCUT2D eigenvalue weighted by atomic mass is 10.00. The minimum atomic E-state index is -0.221. The number of nitrogens with zero attached hydrogens (tertiary/aromatic N) is 2. The Morgan fingerprint density at radius 1 is 1.12 bits per heavy atom. The van der Waals surface area contributed by atoms with Crippen molar-refractivity contribution in [3.05, 3.63) is 59.7 Å². The number of aliphatic hydroxyl groups excluding tert-OH is 1. The molecular weight excluding hydrogens is 317 g/mol. The highest BCUT2D eigenvalue weighted by Gasteiger charge is 2.22. The molecule has 0 bridgehead atoms. The molecule has 1 aromatic heterocycles. The van der Waals surface area contributed by atoms with Gasteiger partial charge in [0.15, 0.2) is 0 Å². The van der Waals surface area contributed by atoms with Gasteiger partial charge in [0, 0.05) is 43.3 Å². The Morgan fingerprint density at radius 2 is 1.80 bits per heavy atom. The van der Waals surface area contributed by atoms with Crippen LogP contribution >= 0.6 is 0 Å². The fraction of sp³-hybridized carbons (Fsp3) is 0.450. The van der Waals surface area contributed by atoms with Gasteiger partial charge in [-0.3, -0.25) is 4.98 Å². The van der Waals surface area contributed by atoms with Gasteiger partial charge in [-0.2, -0.15) is 0 Å². The molecule has 2 aromatic rings. The summed E-state index contributed by atoms with van der Waals surface area (Å²) in [6, 6.07) is 9.11. The van der Waals surface area contributed by atoms with Gasteiger partial charge in [0.05, 0.1) is 6.10 Å². The van der Waals surface area contributed by atoms with Crippen molar-refractivity contribution in [2.24, 2.45) is 0 Å². The molecule has 2 N–H and O–H groups in total. The molecular formula is C20H26FN3O. The molecule has 1 aliphatic heterocycles. The third kappa shape index (κ3) is 4.35. The van der Waals surface area contributed by atoms with E-state index in [1.165, 1.54) is 6.07 Å². The van der Waals surface area contributed by atoms with Crippen LogP contribution in [0.3, 0.4) is 0 Å². The van der Waals surface area contributed by atoms with Crippen LogP contribution in [0.5, 0.6) is 0 Å². The molecule has 2 heterocycles. The monoisotopic (exact) mass is 343 g/mol. The van der Waals surface area contributed by atoms with Crippen molar-refractivity contribution in [2.75, 3.05) is 18.0 Å². The molecule has 0 saturated carbocycles. The second kappa shape index (κ2) is 7.93. The lowest BCUT2D eigenvalue weighted by molar-refractivity contribution is 0.145. The molecule has 0 spiro atoms. The summed E-state index contributed by atoms with van der Waals surface area (Å²) in [4.78, 5) is 6.30. The SMILES string of the molecule is CC(NC(C)c1cc(F)ccc1N1CCC(O)CC1)c1ccncc1. The third-order valence-electron chi connectivity index (χ3n) is 4.97. The number of hydrogen-bond donors (Lipinski definition) is 2. The van der Waals surface area contributed by atoms with E-state index in [0.29, 0.717) is 0 Å². The zero-order chi connectivity index (χ0) is 17.8. The second-order valence-corrected chi connectivity index (χ2v) is 6.81. The normalized spacial score (nSPS) is 18.2. The van der Waals surface area contributed by atoms with Gasteiger partial charge >= 0.3 is 0 Å². The van der Waals surface area contributed by atoms with E-state index < -0.39 is 0 Å². The maximum Gasteiger partial charge on any atom is 0.123 e. The molecule has 1 aromatic carbocycles. The number of benzene rings is 1. The summed E-state index contributed by atoms with van der Waals surface area (Å²) < 4.78 is 13.9. The highest BCUT2D eigenvalue weighted by atomic mass is 19.1. The molecule has 0 amide bonds. The topological polar surface area (TPSA) is 48.4 Å². The smallest absolute Gasteiger partial charge is 0.123 e. The first kappa shape index (κ1) is 17.8. The van der Waals surface area contributed by atoms with Crippen molar-refractivity contribution >= 4 is 5.69 Å². The molecule has 0 aliphatic carbocycles. The van der Waals surface area contributed by atoms with Crippen molar-refractivity contribution in [1.29, 1.82) is 0 Å². The van der Waals surface area contributed by atoms with Crippen molar-refractivity contribution in [3.63, 3.8) is 0 Å². The number of anilines is 1. The Hall–Kier alpha value is -1.98. The number of piperidine rings is 1. The first-order valence-electron chi connectivity index (χ1n) is 8.93. The van der Waals surface area contributed by atoms with Crippen molar-refractivity contribution in [3.8, 4) is 0 Å². The van der Waals surface area contributed by atoms with Gasteiger partial charge in [0.1, 0.15) is 5.82 Å². The van der Waals surface area contributed by atoms with E-state index in [1.807, 2.05) is 18.2 Å². The predicted octanol–water partition coefficient (Wildman–Crippen LogP) is 3.59. The van der Waals surface area contributed by atoms with Gasteiger partial charge < -0.3 is 15.3 Å². The molecule has 134 valence electrons. The number of hydrogen-bond acceptors (Lipinski definition) is 4. The highest BCUT2D eigenvalue weighted by molar-refractivity contribution is 5.55. The molecule has 5 heteroatoms. The van der Waals surface area contributed by atoms with Crippen LogP contribution in [0.4, 0.5) is 10.1 Å². The Morgan fingerprint density at radius 3 is 2.48 bits per heavy atom. The molecule has 2 atom stereocenters. The van der Waals surface area contributed by atoms with Gasteiger partial charge in [-0.15, -0.1) is 0 Å². The number of nitrogens with one attached hydrogen (secondary N) is 1. The van der Waals surface area contributed by atoms with Crippen LogP contribution in [-0.4, -0.2) is 29.3 Å². The average molecular weight is 343 g/mol. The average Bonchev–Trinajstić information content (AvgIpc) is 2.63. The lowest BCUT2D eigenvalue weighted by Gasteiger charge is -2.34. The quantitative estimate of drug-likeness (QED) is 0.871. The van der Waals surface area contributed by atoms with Crippen LogP contribution in [-0.2, 0) is 0 Å². The number of aromatic nitrogens is 1. The van der Waals surface area contributed by atoms with E-state index in [0.717, 1.165) is 42.7 Å². The maximum absolute atomic E-state index is 13.9. The minimum Gasteiger partial charge on any atom is -0.393 e. The van der Waals surface area contributed by atoms with Crippen LogP contribution in [0, 0.1) is 5.82 Å². The summed E-state index contributed by atoms with van der Waals surface area (Å²) in [6.07, 6.45) is 4.86. The van der Waals surface area contributed by atoms with Gasteiger partial charge in [-0.1, -0.05) is 0 Å². The summed E-state index contributed by atoms with van der Waals surface area (Å²) in [5.41, 5.74) is 3.16. The van der Waals surface area contributed by atoms with E-state index in [4.69, 9.17) is 0 Å². The van der Waals surface area contributed by atoms with Gasteiger partial charge in [0.2, 0.25) is 0 Å². The number of rotatable bonds is 5. The molecule has 0 radical (unpaired) electrons. The zero-order valence-corrected chi connectivity index (χ0v) is 14.8. The Labute approximate surface area is 148 Å². The van der Waals surface area contributed by atoms with Crippen LogP contribution in [0.15, 0.2) is 42.7 Å². The molecule has 1 aliphatic rings. The second-order valence-electron chi connectivity index (χ2n) is 6.81. The van der Waals surface area contributed by atoms with Gasteiger partial charge in [-0.25, -0.2) is 4.39 Å². The molecule has 2 unspecified atom stereocenters. The highest BCUT2D eigenvalue weighted by Crippen LogP contribution is 2.31. The first-order chi connectivity index (χ1) is 12.0. The van der Waals surface area contributed by atoms with Gasteiger partial charge in [-0.05, 0) is 68.1 Å². The summed E-state index contributed by atoms with van der Waals surface area (Å²) in [6.45, 7) is 5.76. The Kier molecular flexibility index (Phi) is 5.66. The number of aliphatic hydroxyl groups is 1. The van der Waals surface area contributed by atoms with E-state index >= 15 is 0 Å². The molecule has 4 nitrogen and oxygen atoms in total. The lowest BCUT2D eigenvalue weighted by Crippen LogP contribution is -2.37. The Bertz CT molecular complexity index is 687. The largest absolute Gasteiger partial charge is 0.393 e. The molecule has 25 heavy (non-hydrogen) atoms. The van der Waals surface area contributed by atoms with E-state index in [1.54, 1.807) is 18.5 Å². The van der Waals surface area contributed by atoms with E-state index in [2.05, 4.69) is 29.0 Å². The third-order valence-corrected chi connectivity index (χ3v) is 4.97. The number of halogens is 1. The molecule has 1 saturated heterocycles. The maximum atomic E-state index is 13.9. The summed E-state index contributed by atoms with van der Waals surface area (Å²) >= 11 is 0. The summed E-state index contributed by atoms with van der Waals surface area (Å²) in [5.74, 6) is -0.221. The van der Waals surface area contributed by atoms with E-state index in [9.17, 15) is 9.50 Å². The number of pyridine rings is 1. The van der Waals surface area contributed by atoms with Crippen LogP contribution < -0.4 is 10.2 Å². The molecule has 3 rings (SSSR count). The predicted molar refractivity (Wildman–Crippen MR) is 98.1 cm³/mol. The van der Waals surface area contributed by atoms with Crippen molar-refractivity contribution in [2.45, 2.75) is 44.9 Å². The standard InChI is InChI=1S/C20H26FN3O/c1-14(16-5-9-22-10-6-16)23-15(2)19-13-17(21)3-4-20(19)24-11-7-18(25)8-12-24/h3-6,9-10,13-15,18,23,25H,7-8,11-12H2,1-2H3. The molecule has 1 fully saturated rings. The fourth-order valence-electron chi connectivity index (χ4n) is 3.48. The zero-order valence-electron chi connectivity index (χ0n) is 14.8. The van der Waals surface area contributed by atoms with Crippen LogP contribution in [0.1, 0.15) is 49.9 Å².